The highest BCUT2D eigenvalue weighted by molar-refractivity contribution is 7.90. The van der Waals surface area contributed by atoms with Crippen LogP contribution in [0.2, 0.25) is 0 Å². The molecule has 0 aromatic carbocycles. The van der Waals surface area contributed by atoms with Gasteiger partial charge < -0.3 is 5.32 Å². The van der Waals surface area contributed by atoms with E-state index in [1.807, 2.05) is 0 Å². The lowest BCUT2D eigenvalue weighted by atomic mass is 10.2. The molecule has 1 rings (SSSR count). The molecule has 90 valence electrons. The van der Waals surface area contributed by atoms with E-state index >= 15 is 0 Å². The Balaban J connectivity index is 2.40. The summed E-state index contributed by atoms with van der Waals surface area (Å²) in [7, 11) is -4.17. The third-order valence-corrected chi connectivity index (χ3v) is 5.05. The van der Waals surface area contributed by atoms with Crippen LogP contribution in [0.15, 0.2) is 0 Å². The van der Waals surface area contributed by atoms with Crippen molar-refractivity contribution in [1.29, 1.82) is 0 Å². The van der Waals surface area contributed by atoms with Gasteiger partial charge in [-0.15, -0.1) is 0 Å². The second-order valence-electron chi connectivity index (χ2n) is 3.69. The second-order valence-corrected chi connectivity index (χ2v) is 7.29. The number of rotatable bonds is 5. The highest BCUT2D eigenvalue weighted by Crippen LogP contribution is 2.09. The molecule has 0 spiro atoms. The average molecular weight is 254 g/mol. The third-order valence-electron chi connectivity index (χ3n) is 2.38. The molecule has 0 aromatic rings. The summed E-state index contributed by atoms with van der Waals surface area (Å²) >= 11 is 0. The Hall–Kier alpha value is 0.0200. The highest BCUT2D eigenvalue weighted by Gasteiger charge is 2.26. The minimum atomic E-state index is -3.23. The standard InChI is InChI=1S/C8H18N2O3S2/c1-14(11)6-5-10-15(12,13)8-3-2-4-9-7-8/h8-10H,2-7H2,1H3. The average Bonchev–Trinajstić information content (AvgIpc) is 2.18. The lowest BCUT2D eigenvalue weighted by Gasteiger charge is -2.22. The van der Waals surface area contributed by atoms with Crippen molar-refractivity contribution < 1.29 is 12.6 Å². The Morgan fingerprint density at radius 3 is 2.80 bits per heavy atom. The van der Waals surface area contributed by atoms with Crippen LogP contribution in [0, 0.1) is 0 Å². The monoisotopic (exact) mass is 254 g/mol. The summed E-state index contributed by atoms with van der Waals surface area (Å²) in [5, 5.41) is 2.72. The van der Waals surface area contributed by atoms with E-state index in [0.717, 1.165) is 13.0 Å². The molecule has 7 heteroatoms. The highest BCUT2D eigenvalue weighted by atomic mass is 32.2. The van der Waals surface area contributed by atoms with Gasteiger partial charge in [-0.1, -0.05) is 0 Å². The summed E-state index contributed by atoms with van der Waals surface area (Å²) in [6.07, 6.45) is 3.17. The van der Waals surface area contributed by atoms with Crippen molar-refractivity contribution >= 4 is 20.8 Å². The first kappa shape index (κ1) is 13.1. The molecule has 15 heavy (non-hydrogen) atoms. The molecule has 0 aliphatic carbocycles. The van der Waals surface area contributed by atoms with Gasteiger partial charge in [0.2, 0.25) is 10.0 Å². The Kier molecular flexibility index (Phi) is 5.17. The van der Waals surface area contributed by atoms with Crippen LogP contribution in [0.1, 0.15) is 12.8 Å². The molecular formula is C8H18N2O3S2. The summed E-state index contributed by atoms with van der Waals surface area (Å²) in [5.41, 5.74) is 0. The van der Waals surface area contributed by atoms with Crippen molar-refractivity contribution in [3.8, 4) is 0 Å². The van der Waals surface area contributed by atoms with Gasteiger partial charge in [0.1, 0.15) is 0 Å². The molecule has 0 saturated carbocycles. The summed E-state index contributed by atoms with van der Waals surface area (Å²) in [6, 6.07) is 0. The van der Waals surface area contributed by atoms with Crippen LogP contribution in [-0.2, 0) is 20.8 Å². The molecule has 2 N–H and O–H groups in total. The summed E-state index contributed by atoms with van der Waals surface area (Å²) in [6.45, 7) is 1.68. The maximum absolute atomic E-state index is 11.7. The predicted molar refractivity (Wildman–Crippen MR) is 61.7 cm³/mol. The second kappa shape index (κ2) is 5.93. The van der Waals surface area contributed by atoms with Crippen molar-refractivity contribution in [3.63, 3.8) is 0 Å². The van der Waals surface area contributed by atoms with E-state index in [1.54, 1.807) is 6.26 Å². The molecule has 2 atom stereocenters. The van der Waals surface area contributed by atoms with Crippen LogP contribution in [0.3, 0.4) is 0 Å². The fourth-order valence-electron chi connectivity index (χ4n) is 1.53. The van der Waals surface area contributed by atoms with Crippen molar-refractivity contribution in [3.05, 3.63) is 0 Å². The number of nitrogens with one attached hydrogen (secondary N) is 2. The Bertz CT molecular complexity index is 310. The molecule has 2 unspecified atom stereocenters. The summed E-state index contributed by atoms with van der Waals surface area (Å²) in [5.74, 6) is 0.374. The molecule has 5 nitrogen and oxygen atoms in total. The van der Waals surface area contributed by atoms with Crippen molar-refractivity contribution in [2.24, 2.45) is 0 Å². The smallest absolute Gasteiger partial charge is 0.215 e. The van der Waals surface area contributed by atoms with Crippen molar-refractivity contribution in [2.75, 3.05) is 31.6 Å². The number of hydrogen-bond acceptors (Lipinski definition) is 4. The SMILES string of the molecule is CS(=O)CCNS(=O)(=O)C1CCCNC1. The van der Waals surface area contributed by atoms with Crippen LogP contribution in [-0.4, -0.2) is 49.5 Å². The quantitative estimate of drug-likeness (QED) is 0.662. The zero-order valence-electron chi connectivity index (χ0n) is 8.86. The van der Waals surface area contributed by atoms with E-state index in [0.29, 0.717) is 18.7 Å². The number of sulfonamides is 1. The lowest BCUT2D eigenvalue weighted by molar-refractivity contribution is 0.491. The maximum atomic E-state index is 11.7. The molecule has 0 amide bonds. The van der Waals surface area contributed by atoms with Gasteiger partial charge >= 0.3 is 0 Å². The summed E-state index contributed by atoms with van der Waals surface area (Å²) < 4.78 is 36.7. The maximum Gasteiger partial charge on any atom is 0.215 e. The third kappa shape index (κ3) is 4.58. The normalized spacial score (nSPS) is 25.0. The van der Waals surface area contributed by atoms with E-state index in [1.165, 1.54) is 0 Å². The fourth-order valence-corrected chi connectivity index (χ4v) is 3.49. The molecule has 1 saturated heterocycles. The predicted octanol–water partition coefficient (Wildman–Crippen LogP) is -0.964. The Morgan fingerprint density at radius 1 is 1.53 bits per heavy atom. The molecule has 0 radical (unpaired) electrons. The van der Waals surface area contributed by atoms with Crippen molar-refractivity contribution in [1.82, 2.24) is 10.0 Å². The molecular weight excluding hydrogens is 236 g/mol. The lowest BCUT2D eigenvalue weighted by Crippen LogP contribution is -2.45. The van der Waals surface area contributed by atoms with E-state index in [-0.39, 0.29) is 11.8 Å². The van der Waals surface area contributed by atoms with Crippen LogP contribution in [0.25, 0.3) is 0 Å². The summed E-state index contributed by atoms with van der Waals surface area (Å²) in [4.78, 5) is 0. The van der Waals surface area contributed by atoms with E-state index in [2.05, 4.69) is 10.0 Å². The van der Waals surface area contributed by atoms with Gasteiger partial charge in [0.15, 0.2) is 0 Å². The molecule has 0 aromatic heterocycles. The first-order valence-electron chi connectivity index (χ1n) is 5.01. The van der Waals surface area contributed by atoms with Crippen LogP contribution in [0.4, 0.5) is 0 Å². The van der Waals surface area contributed by atoms with Gasteiger partial charge in [0, 0.05) is 35.9 Å². The van der Waals surface area contributed by atoms with Gasteiger partial charge in [0.25, 0.3) is 0 Å². The van der Waals surface area contributed by atoms with E-state index in [9.17, 15) is 12.6 Å². The van der Waals surface area contributed by atoms with Gasteiger partial charge in [-0.05, 0) is 19.4 Å². The Labute approximate surface area is 93.5 Å². The number of piperidine rings is 1. The molecule has 0 bridgehead atoms. The molecule has 1 heterocycles. The first-order valence-corrected chi connectivity index (χ1v) is 8.29. The minimum Gasteiger partial charge on any atom is -0.315 e. The molecule has 1 fully saturated rings. The van der Waals surface area contributed by atoms with Crippen LogP contribution >= 0.6 is 0 Å². The minimum absolute atomic E-state index is 0.266. The zero-order chi connectivity index (χ0) is 11.3. The van der Waals surface area contributed by atoms with Crippen LogP contribution in [0.5, 0.6) is 0 Å². The van der Waals surface area contributed by atoms with Gasteiger partial charge in [-0.2, -0.15) is 0 Å². The van der Waals surface area contributed by atoms with Gasteiger partial charge in [0.05, 0.1) is 5.25 Å². The zero-order valence-corrected chi connectivity index (χ0v) is 10.5. The van der Waals surface area contributed by atoms with E-state index in [4.69, 9.17) is 0 Å². The number of hydrogen-bond donors (Lipinski definition) is 2. The van der Waals surface area contributed by atoms with Crippen molar-refractivity contribution in [2.45, 2.75) is 18.1 Å². The molecule has 1 aliphatic heterocycles. The fraction of sp³-hybridized carbons (Fsp3) is 1.00. The topological polar surface area (TPSA) is 75.3 Å². The van der Waals surface area contributed by atoms with Gasteiger partial charge in [-0.25, -0.2) is 13.1 Å². The first-order chi connectivity index (χ1) is 7.02. The Morgan fingerprint density at radius 2 is 2.27 bits per heavy atom. The van der Waals surface area contributed by atoms with Gasteiger partial charge in [-0.3, -0.25) is 4.21 Å². The van der Waals surface area contributed by atoms with E-state index < -0.39 is 20.8 Å². The molecule has 1 aliphatic rings. The van der Waals surface area contributed by atoms with Crippen LogP contribution < -0.4 is 10.0 Å². The largest absolute Gasteiger partial charge is 0.315 e.